The number of nitrogens with one attached hydrogen (secondary N) is 2. The number of aliphatic imine (C=N–C) groups is 1. The molecule has 0 amide bonds. The monoisotopic (exact) mass is 596 g/mol. The van der Waals surface area contributed by atoms with Gasteiger partial charge in [0.25, 0.3) is 0 Å². The lowest BCUT2D eigenvalue weighted by Gasteiger charge is -2.58. The quantitative estimate of drug-likeness (QED) is 0.135. The molecular weight excluding hydrogens is 548 g/mol. The molecule has 2 aromatic rings. The molecule has 2 spiro atoms. The summed E-state index contributed by atoms with van der Waals surface area (Å²) in [4.78, 5) is 7.87. The van der Waals surface area contributed by atoms with Crippen molar-refractivity contribution in [3.63, 3.8) is 0 Å². The SMILES string of the molecule is CN=C(N)N[C@@H]1C#C[C@@H]2CC3(C=C(Cc4cc5ccccc5[nH]4)[C@]24C[C@H]2CC[C@@H]4[C@H]4[C@H](C[C@@H](O)[C@@]4(O)C1)[C@]2(C)O)CCCC3. The lowest BCUT2D eigenvalue weighted by Crippen LogP contribution is -2.56. The molecule has 0 unspecified atom stereocenters. The average molecular weight is 597 g/mol. The van der Waals surface area contributed by atoms with Gasteiger partial charge in [0.1, 0.15) is 0 Å². The molecule has 1 aromatic carbocycles. The predicted molar refractivity (Wildman–Crippen MR) is 172 cm³/mol. The van der Waals surface area contributed by atoms with E-state index in [1.54, 1.807) is 7.05 Å². The maximum Gasteiger partial charge on any atom is 0.189 e. The van der Waals surface area contributed by atoms with Crippen LogP contribution >= 0.6 is 0 Å². The largest absolute Gasteiger partial charge is 0.390 e. The maximum atomic E-state index is 12.8. The lowest BCUT2D eigenvalue weighted by molar-refractivity contribution is -0.128. The third-order valence-electron chi connectivity index (χ3n) is 13.6. The van der Waals surface area contributed by atoms with E-state index in [1.807, 2.05) is 6.92 Å². The summed E-state index contributed by atoms with van der Waals surface area (Å²) < 4.78 is 0. The fourth-order valence-corrected chi connectivity index (χ4v) is 11.6. The third-order valence-corrected chi connectivity index (χ3v) is 13.6. The highest BCUT2D eigenvalue weighted by molar-refractivity contribution is 5.80. The summed E-state index contributed by atoms with van der Waals surface area (Å²) in [5, 5.41) is 41.4. The van der Waals surface area contributed by atoms with Crippen LogP contribution in [0.15, 0.2) is 47.0 Å². The molecule has 0 aliphatic heterocycles. The van der Waals surface area contributed by atoms with Crippen LogP contribution in [0.25, 0.3) is 10.9 Å². The van der Waals surface area contributed by atoms with Crippen molar-refractivity contribution in [1.29, 1.82) is 0 Å². The van der Waals surface area contributed by atoms with Crippen LogP contribution in [-0.2, 0) is 6.42 Å². The molecule has 7 heteroatoms. The number of rotatable bonds is 3. The van der Waals surface area contributed by atoms with Crippen molar-refractivity contribution in [2.75, 3.05) is 7.05 Å². The van der Waals surface area contributed by atoms with Gasteiger partial charge in [0, 0.05) is 42.4 Å². The molecule has 44 heavy (non-hydrogen) atoms. The number of aromatic amines is 1. The first-order valence-electron chi connectivity index (χ1n) is 17.0. The first-order chi connectivity index (χ1) is 21.1. The van der Waals surface area contributed by atoms with Gasteiger partial charge in [-0.25, -0.2) is 0 Å². The highest BCUT2D eigenvalue weighted by atomic mass is 16.3. The molecule has 7 nitrogen and oxygen atoms in total. The van der Waals surface area contributed by atoms with E-state index >= 15 is 0 Å². The fourth-order valence-electron chi connectivity index (χ4n) is 11.6. The first kappa shape index (κ1) is 28.7. The summed E-state index contributed by atoms with van der Waals surface area (Å²) in [7, 11) is 1.65. The van der Waals surface area contributed by atoms with Crippen molar-refractivity contribution in [2.45, 2.75) is 101 Å². The third kappa shape index (κ3) is 4.03. The van der Waals surface area contributed by atoms with Gasteiger partial charge >= 0.3 is 0 Å². The van der Waals surface area contributed by atoms with Crippen LogP contribution in [0.3, 0.4) is 0 Å². The van der Waals surface area contributed by atoms with E-state index in [1.165, 1.54) is 42.3 Å². The second-order valence-electron chi connectivity index (χ2n) is 15.6. The van der Waals surface area contributed by atoms with Crippen molar-refractivity contribution in [3.05, 3.63) is 47.7 Å². The van der Waals surface area contributed by atoms with Crippen molar-refractivity contribution in [2.24, 2.45) is 51.1 Å². The summed E-state index contributed by atoms with van der Waals surface area (Å²) in [6, 6.07) is 10.3. The number of aromatic nitrogens is 1. The number of hydrogen-bond donors (Lipinski definition) is 6. The molecule has 5 saturated carbocycles. The van der Waals surface area contributed by atoms with Gasteiger partial charge in [-0.1, -0.05) is 54.5 Å². The number of hydrogen-bond acceptors (Lipinski definition) is 4. The van der Waals surface area contributed by atoms with Crippen LogP contribution < -0.4 is 11.1 Å². The molecule has 9 rings (SSSR count). The summed E-state index contributed by atoms with van der Waals surface area (Å²) in [6.45, 7) is 2.00. The Morgan fingerprint density at radius 1 is 1.09 bits per heavy atom. The second-order valence-corrected chi connectivity index (χ2v) is 15.6. The zero-order valence-electron chi connectivity index (χ0n) is 26.1. The Labute approximate surface area is 260 Å². The van der Waals surface area contributed by atoms with E-state index < -0.39 is 23.3 Å². The zero-order chi connectivity index (χ0) is 30.5. The molecular formula is C37H48N4O3. The number of nitrogens with two attached hydrogens (primary N) is 1. The Morgan fingerprint density at radius 3 is 2.66 bits per heavy atom. The van der Waals surface area contributed by atoms with Gasteiger partial charge in [0.2, 0.25) is 0 Å². The Hall–Kier alpha value is -2.79. The van der Waals surface area contributed by atoms with Crippen LogP contribution in [0.5, 0.6) is 0 Å². The molecule has 7 aliphatic rings. The van der Waals surface area contributed by atoms with Gasteiger partial charge in [-0.15, -0.1) is 0 Å². The highest BCUT2D eigenvalue weighted by Crippen LogP contribution is 2.71. The summed E-state index contributed by atoms with van der Waals surface area (Å²) in [6.07, 6.45) is 11.9. The Balaban J connectivity index is 1.36. The number of fused-ring (bicyclic) bond motifs is 2. The van der Waals surface area contributed by atoms with Crippen molar-refractivity contribution in [3.8, 4) is 11.8 Å². The molecule has 5 fully saturated rings. The standard InChI is InChI=1S/C37H48N4O3/c1-34(43)23-10-12-28-32-29(34)17-31(42)37(32,44)21-26(41-33(38)39-2)11-9-24-18-35(13-5-6-14-35)19-25(36(24,28)20-23)16-27-15-22-7-3-4-8-30(22)40-27/h3-4,7-8,15,19,23-24,26,28-29,31-32,40,42-44H,5-6,10,12-14,16-18,20-21H2,1-2H3,(H3,38,39,41)/t23-,24-,26-,28-,29+,31-,32+,34-,36+,37+/m1/s1. The Bertz CT molecular complexity index is 1560. The minimum absolute atomic E-state index is 0.0903. The van der Waals surface area contributed by atoms with Crippen LogP contribution in [0.2, 0.25) is 0 Å². The van der Waals surface area contributed by atoms with Crippen LogP contribution in [0.1, 0.15) is 76.8 Å². The molecule has 4 bridgehead atoms. The maximum absolute atomic E-state index is 12.8. The number of H-pyrrole nitrogens is 1. The Kier molecular flexibility index (Phi) is 6.42. The molecule has 7 aliphatic carbocycles. The van der Waals surface area contributed by atoms with Gasteiger partial charge in [0.15, 0.2) is 5.96 Å². The average Bonchev–Trinajstić information content (AvgIpc) is 3.67. The van der Waals surface area contributed by atoms with Gasteiger partial charge in [-0.2, -0.15) is 0 Å². The van der Waals surface area contributed by atoms with Gasteiger partial charge in [0.05, 0.1) is 23.3 Å². The van der Waals surface area contributed by atoms with E-state index in [2.05, 4.69) is 63.5 Å². The number of guanidine groups is 1. The van der Waals surface area contributed by atoms with E-state index in [-0.39, 0.29) is 52.8 Å². The summed E-state index contributed by atoms with van der Waals surface area (Å²) >= 11 is 0. The number of aliphatic hydroxyl groups excluding tert-OH is 1. The number of aliphatic hydroxyl groups is 3. The lowest BCUT2D eigenvalue weighted by atomic mass is 9.46. The van der Waals surface area contributed by atoms with Crippen molar-refractivity contribution in [1.82, 2.24) is 10.3 Å². The number of allylic oxidation sites excluding steroid dienone is 2. The van der Waals surface area contributed by atoms with Crippen LogP contribution in [0, 0.1) is 52.3 Å². The predicted octanol–water partition coefficient (Wildman–Crippen LogP) is 4.42. The second kappa shape index (κ2) is 9.85. The van der Waals surface area contributed by atoms with Crippen LogP contribution in [0.4, 0.5) is 0 Å². The minimum Gasteiger partial charge on any atom is -0.390 e. The molecule has 7 N–H and O–H groups in total. The number of nitrogens with zero attached hydrogens (tertiary/aromatic N) is 1. The first-order valence-corrected chi connectivity index (χ1v) is 17.0. The molecule has 0 saturated heterocycles. The molecule has 1 heterocycles. The Morgan fingerprint density at radius 2 is 1.89 bits per heavy atom. The summed E-state index contributed by atoms with van der Waals surface area (Å²) in [5.41, 5.74) is 7.47. The van der Waals surface area contributed by atoms with Gasteiger partial charge in [-0.3, -0.25) is 4.99 Å². The van der Waals surface area contributed by atoms with E-state index in [4.69, 9.17) is 5.73 Å². The van der Waals surface area contributed by atoms with E-state index in [0.29, 0.717) is 6.42 Å². The number of benzene rings is 1. The summed E-state index contributed by atoms with van der Waals surface area (Å²) in [5.74, 6) is 7.60. The zero-order valence-corrected chi connectivity index (χ0v) is 26.1. The van der Waals surface area contributed by atoms with Gasteiger partial charge < -0.3 is 31.4 Å². The van der Waals surface area contributed by atoms with Crippen molar-refractivity contribution >= 4 is 16.9 Å². The fraction of sp³-hybridized carbons (Fsp3) is 0.649. The van der Waals surface area contributed by atoms with E-state index in [9.17, 15) is 15.3 Å². The molecule has 10 atom stereocenters. The number of para-hydroxylation sites is 1. The van der Waals surface area contributed by atoms with Crippen LogP contribution in [-0.4, -0.2) is 56.7 Å². The molecule has 0 radical (unpaired) electrons. The highest BCUT2D eigenvalue weighted by Gasteiger charge is 2.71. The van der Waals surface area contributed by atoms with Gasteiger partial charge in [-0.05, 0) is 98.5 Å². The molecule has 234 valence electrons. The van der Waals surface area contributed by atoms with E-state index in [0.717, 1.165) is 37.6 Å². The molecule has 1 aromatic heterocycles. The smallest absolute Gasteiger partial charge is 0.189 e. The van der Waals surface area contributed by atoms with Crippen molar-refractivity contribution < 1.29 is 15.3 Å². The minimum atomic E-state index is -1.39. The topological polar surface area (TPSA) is 127 Å². The normalized spacial score (nSPS) is 43.8.